The molecule has 0 N–H and O–H groups in total. The number of carbonyl (C=O) groups excluding carboxylic acids is 2. The SMILES string of the molecule is Cc1cccc(C(=O)Oc2ccc(OC(=O)c3cccc(C)c3)c3c2C2c4ccccc4C3c3ccccc32)c1. The first-order valence-electron chi connectivity index (χ1n) is 13.4. The van der Waals surface area contributed by atoms with Crippen molar-refractivity contribution in [3.05, 3.63) is 165 Å². The van der Waals surface area contributed by atoms with Crippen molar-refractivity contribution in [1.29, 1.82) is 0 Å². The Bertz CT molecular complexity index is 1650. The molecular formula is C36H26O4. The van der Waals surface area contributed by atoms with Crippen molar-refractivity contribution in [2.24, 2.45) is 0 Å². The van der Waals surface area contributed by atoms with Crippen molar-refractivity contribution in [3.8, 4) is 11.5 Å². The fourth-order valence-electron chi connectivity index (χ4n) is 6.26. The number of rotatable bonds is 4. The first kappa shape index (κ1) is 24.1. The molecule has 3 aliphatic rings. The van der Waals surface area contributed by atoms with E-state index in [1.807, 2.05) is 74.5 Å². The third-order valence-corrected chi connectivity index (χ3v) is 7.93. The third kappa shape index (κ3) is 3.84. The molecule has 0 radical (unpaired) electrons. The third-order valence-electron chi connectivity index (χ3n) is 7.93. The van der Waals surface area contributed by atoms with E-state index >= 15 is 0 Å². The lowest BCUT2D eigenvalue weighted by Crippen LogP contribution is -2.29. The average Bonchev–Trinajstić information content (AvgIpc) is 2.98. The van der Waals surface area contributed by atoms with Gasteiger partial charge in [-0.25, -0.2) is 9.59 Å². The molecule has 0 fully saturated rings. The minimum absolute atomic E-state index is 0.162. The highest BCUT2D eigenvalue weighted by molar-refractivity contribution is 5.93. The van der Waals surface area contributed by atoms with Crippen molar-refractivity contribution >= 4 is 11.9 Å². The van der Waals surface area contributed by atoms with E-state index in [0.717, 1.165) is 22.3 Å². The number of esters is 2. The van der Waals surface area contributed by atoms with Crippen LogP contribution in [0.1, 0.15) is 77.1 Å². The molecule has 5 aromatic rings. The van der Waals surface area contributed by atoms with E-state index in [0.29, 0.717) is 22.6 Å². The second kappa shape index (κ2) is 9.35. The molecule has 8 rings (SSSR count). The lowest BCUT2D eigenvalue weighted by atomic mass is 9.60. The summed E-state index contributed by atoms with van der Waals surface area (Å²) in [6.45, 7) is 3.89. The fourth-order valence-corrected chi connectivity index (χ4v) is 6.26. The van der Waals surface area contributed by atoms with Gasteiger partial charge < -0.3 is 9.47 Å². The molecule has 0 amide bonds. The van der Waals surface area contributed by atoms with Gasteiger partial charge in [-0.2, -0.15) is 0 Å². The number of aryl methyl sites for hydroxylation is 2. The molecule has 0 saturated heterocycles. The maximum atomic E-state index is 13.3. The average molecular weight is 523 g/mol. The quantitative estimate of drug-likeness (QED) is 0.175. The van der Waals surface area contributed by atoms with Gasteiger partial charge in [-0.3, -0.25) is 0 Å². The van der Waals surface area contributed by atoms with E-state index in [1.165, 1.54) is 22.3 Å². The van der Waals surface area contributed by atoms with Gasteiger partial charge >= 0.3 is 11.9 Å². The second-order valence-electron chi connectivity index (χ2n) is 10.5. The van der Waals surface area contributed by atoms with Gasteiger partial charge in [0.1, 0.15) is 11.5 Å². The van der Waals surface area contributed by atoms with E-state index in [2.05, 4.69) is 24.3 Å². The Morgan fingerprint density at radius 2 is 0.875 bits per heavy atom. The Morgan fingerprint density at radius 1 is 0.500 bits per heavy atom. The molecule has 0 atom stereocenters. The van der Waals surface area contributed by atoms with Crippen LogP contribution in [-0.2, 0) is 0 Å². The van der Waals surface area contributed by atoms with E-state index in [-0.39, 0.29) is 11.8 Å². The molecule has 4 heteroatoms. The second-order valence-corrected chi connectivity index (χ2v) is 10.5. The number of carbonyl (C=O) groups is 2. The lowest BCUT2D eigenvalue weighted by Gasteiger charge is -2.43. The standard InChI is InChI=1S/C36H26O4/c1-21-9-7-11-23(19-21)35(37)39-29-17-18-30(40-36(38)24-12-8-10-22(2)20-24)34-32-27-15-5-3-13-25(27)31(33(29)34)26-14-4-6-16-28(26)32/h3-20,31-32H,1-2H3. The van der Waals surface area contributed by atoms with Gasteiger partial charge in [0.2, 0.25) is 0 Å². The smallest absolute Gasteiger partial charge is 0.343 e. The van der Waals surface area contributed by atoms with E-state index in [4.69, 9.17) is 9.47 Å². The maximum Gasteiger partial charge on any atom is 0.343 e. The van der Waals surface area contributed by atoms with Crippen molar-refractivity contribution < 1.29 is 19.1 Å². The summed E-state index contributed by atoms with van der Waals surface area (Å²) >= 11 is 0. The van der Waals surface area contributed by atoms with Crippen LogP contribution >= 0.6 is 0 Å². The largest absolute Gasteiger partial charge is 0.423 e. The number of benzene rings is 5. The van der Waals surface area contributed by atoms with Gasteiger partial charge in [-0.15, -0.1) is 0 Å². The van der Waals surface area contributed by atoms with E-state index in [9.17, 15) is 9.59 Å². The number of hydrogen-bond donors (Lipinski definition) is 0. The Morgan fingerprint density at radius 3 is 1.23 bits per heavy atom. The minimum Gasteiger partial charge on any atom is -0.423 e. The monoisotopic (exact) mass is 522 g/mol. The highest BCUT2D eigenvalue weighted by Crippen LogP contribution is 2.60. The summed E-state index contributed by atoms with van der Waals surface area (Å²) in [6.07, 6.45) is 0. The first-order chi connectivity index (χ1) is 19.5. The highest BCUT2D eigenvalue weighted by atomic mass is 16.5. The molecule has 0 aliphatic heterocycles. The van der Waals surface area contributed by atoms with Crippen molar-refractivity contribution in [2.75, 3.05) is 0 Å². The van der Waals surface area contributed by atoms with Crippen LogP contribution in [0.15, 0.2) is 109 Å². The minimum atomic E-state index is -0.418. The summed E-state index contributed by atoms with van der Waals surface area (Å²) in [7, 11) is 0. The maximum absolute atomic E-state index is 13.3. The van der Waals surface area contributed by atoms with Crippen LogP contribution in [-0.4, -0.2) is 11.9 Å². The summed E-state index contributed by atoms with van der Waals surface area (Å²) in [5.74, 6) is -0.195. The summed E-state index contributed by atoms with van der Waals surface area (Å²) < 4.78 is 12.2. The van der Waals surface area contributed by atoms with Gasteiger partial charge in [0.15, 0.2) is 0 Å². The van der Waals surface area contributed by atoms with Gasteiger partial charge in [0.05, 0.1) is 11.1 Å². The van der Waals surface area contributed by atoms with E-state index in [1.54, 1.807) is 24.3 Å². The molecule has 0 spiro atoms. The zero-order chi connectivity index (χ0) is 27.4. The molecule has 3 aliphatic carbocycles. The van der Waals surface area contributed by atoms with Crippen LogP contribution in [0.2, 0.25) is 0 Å². The predicted molar refractivity (Wildman–Crippen MR) is 153 cm³/mol. The van der Waals surface area contributed by atoms with Crippen LogP contribution in [0.5, 0.6) is 11.5 Å². The molecular weight excluding hydrogens is 496 g/mol. The summed E-state index contributed by atoms with van der Waals surface area (Å²) in [4.78, 5) is 26.6. The number of hydrogen-bond acceptors (Lipinski definition) is 4. The normalized spacial score (nSPS) is 15.9. The van der Waals surface area contributed by atoms with Gasteiger partial charge in [0.25, 0.3) is 0 Å². The number of ether oxygens (including phenoxy) is 2. The molecule has 40 heavy (non-hydrogen) atoms. The van der Waals surface area contributed by atoms with Crippen LogP contribution in [0.4, 0.5) is 0 Å². The van der Waals surface area contributed by atoms with Gasteiger partial charge in [-0.1, -0.05) is 83.9 Å². The summed E-state index contributed by atoms with van der Waals surface area (Å²) in [5, 5.41) is 0. The van der Waals surface area contributed by atoms with Gasteiger partial charge in [0, 0.05) is 23.0 Å². The molecule has 4 nitrogen and oxygen atoms in total. The van der Waals surface area contributed by atoms with Crippen LogP contribution in [0.3, 0.4) is 0 Å². The summed E-state index contributed by atoms with van der Waals surface area (Å²) in [6, 6.07) is 35.0. The zero-order valence-electron chi connectivity index (χ0n) is 22.2. The molecule has 0 saturated carbocycles. The lowest BCUT2D eigenvalue weighted by molar-refractivity contribution is 0.0716. The van der Waals surface area contributed by atoms with E-state index < -0.39 is 11.9 Å². The summed E-state index contributed by atoms with van der Waals surface area (Å²) in [5.41, 5.74) is 9.39. The Hall–Kier alpha value is -4.96. The molecule has 0 aromatic heterocycles. The van der Waals surface area contributed by atoms with Gasteiger partial charge in [-0.05, 0) is 72.5 Å². The predicted octanol–water partition coefficient (Wildman–Crippen LogP) is 7.73. The van der Waals surface area contributed by atoms with Crippen LogP contribution in [0, 0.1) is 13.8 Å². The molecule has 2 bridgehead atoms. The Balaban J connectivity index is 1.40. The zero-order valence-corrected chi connectivity index (χ0v) is 22.2. The van der Waals surface area contributed by atoms with Crippen LogP contribution in [0.25, 0.3) is 0 Å². The van der Waals surface area contributed by atoms with Crippen molar-refractivity contribution in [3.63, 3.8) is 0 Å². The van der Waals surface area contributed by atoms with Crippen molar-refractivity contribution in [2.45, 2.75) is 25.7 Å². The Kier molecular flexibility index (Phi) is 5.64. The Labute approximate surface area is 232 Å². The van der Waals surface area contributed by atoms with Crippen LogP contribution < -0.4 is 9.47 Å². The van der Waals surface area contributed by atoms with Crippen molar-refractivity contribution in [1.82, 2.24) is 0 Å². The fraction of sp³-hybridized carbons (Fsp3) is 0.111. The molecule has 0 heterocycles. The molecule has 5 aromatic carbocycles. The highest BCUT2D eigenvalue weighted by Gasteiger charge is 2.45. The topological polar surface area (TPSA) is 52.6 Å². The molecule has 0 unspecified atom stereocenters. The molecule has 194 valence electrons. The first-order valence-corrected chi connectivity index (χ1v) is 13.4.